The third kappa shape index (κ3) is 6.81. The molecule has 2 amide bonds. The number of pyridine rings is 2. The van der Waals surface area contributed by atoms with Gasteiger partial charge in [0, 0.05) is 41.7 Å². The monoisotopic (exact) mass is 589 g/mol. The molecule has 42 heavy (non-hydrogen) atoms. The molecule has 0 saturated heterocycles. The van der Waals surface area contributed by atoms with Crippen molar-refractivity contribution in [2.45, 2.75) is 26.3 Å². The number of rotatable bonds is 7. The summed E-state index contributed by atoms with van der Waals surface area (Å²) in [7, 11) is -3.53. The molecule has 0 aliphatic carbocycles. The molecular formula is C29H28FN7O4S. The van der Waals surface area contributed by atoms with Crippen molar-refractivity contribution in [2.24, 2.45) is 0 Å². The van der Waals surface area contributed by atoms with Gasteiger partial charge in [-0.2, -0.15) is 5.10 Å². The van der Waals surface area contributed by atoms with Crippen LogP contribution in [0.5, 0.6) is 11.5 Å². The van der Waals surface area contributed by atoms with E-state index < -0.39 is 21.9 Å². The number of fused-ring (bicyclic) bond motifs is 1. The van der Waals surface area contributed by atoms with Crippen LogP contribution in [0.1, 0.15) is 20.8 Å². The van der Waals surface area contributed by atoms with Crippen LogP contribution in [0.3, 0.4) is 0 Å². The number of hydrogen-bond acceptors (Lipinski definition) is 7. The summed E-state index contributed by atoms with van der Waals surface area (Å²) in [6, 6.07) is 15.6. The molecule has 0 unspecified atom stereocenters. The molecule has 0 spiro atoms. The Bertz CT molecular complexity index is 1900. The van der Waals surface area contributed by atoms with E-state index in [2.05, 4.69) is 25.3 Å². The fraction of sp³-hybridized carbons (Fsp3) is 0.172. The molecule has 0 saturated carbocycles. The summed E-state index contributed by atoms with van der Waals surface area (Å²) in [5.41, 5.74) is 2.19. The minimum atomic E-state index is -3.53. The third-order valence-electron chi connectivity index (χ3n) is 5.97. The van der Waals surface area contributed by atoms with E-state index >= 15 is 0 Å². The van der Waals surface area contributed by atoms with Crippen molar-refractivity contribution < 1.29 is 22.3 Å². The van der Waals surface area contributed by atoms with Gasteiger partial charge in [0.2, 0.25) is 10.0 Å². The lowest BCUT2D eigenvalue weighted by Crippen LogP contribution is -2.22. The minimum Gasteiger partial charge on any atom is -0.457 e. The summed E-state index contributed by atoms with van der Waals surface area (Å²) >= 11 is 0. The van der Waals surface area contributed by atoms with Gasteiger partial charge in [-0.05, 0) is 57.2 Å². The minimum absolute atomic E-state index is 0.0555. The lowest BCUT2D eigenvalue weighted by molar-refractivity contribution is 0.262. The van der Waals surface area contributed by atoms with Gasteiger partial charge < -0.3 is 15.4 Å². The van der Waals surface area contributed by atoms with Crippen LogP contribution in [-0.4, -0.2) is 40.5 Å². The lowest BCUT2D eigenvalue weighted by atomic mass is 10.1. The first-order valence-corrected chi connectivity index (χ1v) is 14.7. The number of anilines is 3. The Morgan fingerprint density at radius 3 is 2.43 bits per heavy atom. The zero-order chi connectivity index (χ0) is 30.1. The zero-order valence-electron chi connectivity index (χ0n) is 23.2. The van der Waals surface area contributed by atoms with Crippen LogP contribution in [0.25, 0.3) is 22.2 Å². The highest BCUT2D eigenvalue weighted by molar-refractivity contribution is 7.92. The van der Waals surface area contributed by atoms with Gasteiger partial charge in [0.05, 0.1) is 28.7 Å². The van der Waals surface area contributed by atoms with Crippen molar-refractivity contribution in [1.29, 1.82) is 0 Å². The molecular weight excluding hydrogens is 561 g/mol. The average Bonchev–Trinajstić information content (AvgIpc) is 3.33. The number of nitrogens with one attached hydrogen (secondary N) is 3. The third-order valence-corrected chi connectivity index (χ3v) is 6.55. The molecule has 0 atom stereocenters. The molecule has 0 radical (unpaired) electrons. The van der Waals surface area contributed by atoms with Crippen LogP contribution in [0.15, 0.2) is 79.3 Å². The number of aromatic nitrogens is 4. The Balaban J connectivity index is 1.33. The molecule has 3 aromatic heterocycles. The fourth-order valence-corrected chi connectivity index (χ4v) is 4.53. The van der Waals surface area contributed by atoms with E-state index in [0.29, 0.717) is 11.4 Å². The van der Waals surface area contributed by atoms with Gasteiger partial charge in [-0.15, -0.1) is 0 Å². The Kier molecular flexibility index (Phi) is 7.52. The van der Waals surface area contributed by atoms with E-state index in [1.807, 2.05) is 51.1 Å². The quantitative estimate of drug-likeness (QED) is 0.205. The standard InChI is InChI=1S/C29H28FN7O4S/c1-29(2,3)37-17-25(27(35-37)19-7-9-23-18(14-19)6-5-12-31-23)34-28(38)33-24-10-8-20(15-22(24)30)41-21-11-13-32-26(16-21)36-42(4,39)40/h5-17H,1-4H3,(H,32,36)(H2,33,34,38). The van der Waals surface area contributed by atoms with Crippen LogP contribution in [0, 0.1) is 5.82 Å². The van der Waals surface area contributed by atoms with E-state index in [4.69, 9.17) is 9.84 Å². The molecule has 3 N–H and O–H groups in total. The largest absolute Gasteiger partial charge is 0.457 e. The highest BCUT2D eigenvalue weighted by Crippen LogP contribution is 2.32. The molecule has 3 heterocycles. The smallest absolute Gasteiger partial charge is 0.323 e. The molecule has 0 aliphatic heterocycles. The number of nitrogens with zero attached hydrogens (tertiary/aromatic N) is 4. The number of halogens is 1. The highest BCUT2D eigenvalue weighted by atomic mass is 32.2. The van der Waals surface area contributed by atoms with Crippen molar-refractivity contribution in [2.75, 3.05) is 21.6 Å². The number of hydrogen-bond donors (Lipinski definition) is 3. The van der Waals surface area contributed by atoms with E-state index in [-0.39, 0.29) is 28.5 Å². The summed E-state index contributed by atoms with van der Waals surface area (Å²) in [4.78, 5) is 21.3. The maximum Gasteiger partial charge on any atom is 0.323 e. The number of ether oxygens (including phenoxy) is 1. The summed E-state index contributed by atoms with van der Waals surface area (Å²) in [6.45, 7) is 5.98. The highest BCUT2D eigenvalue weighted by Gasteiger charge is 2.21. The Hall–Kier alpha value is -5.04. The van der Waals surface area contributed by atoms with Gasteiger partial charge in [0.15, 0.2) is 0 Å². The summed E-state index contributed by atoms with van der Waals surface area (Å²) in [5, 5.41) is 11.0. The SMILES string of the molecule is CC(C)(C)n1cc(NC(=O)Nc2ccc(Oc3ccnc(NS(C)(=O)=O)c3)cc2F)c(-c2ccc3ncccc3c2)n1. The Morgan fingerprint density at radius 1 is 0.929 bits per heavy atom. The second-order valence-corrected chi connectivity index (χ2v) is 12.2. The zero-order valence-corrected chi connectivity index (χ0v) is 24.0. The first-order valence-electron chi connectivity index (χ1n) is 12.8. The van der Waals surface area contributed by atoms with E-state index in [1.165, 1.54) is 30.5 Å². The van der Waals surface area contributed by atoms with Crippen LogP contribution in [0.2, 0.25) is 0 Å². The average molecular weight is 590 g/mol. The van der Waals surface area contributed by atoms with Gasteiger partial charge in [-0.1, -0.05) is 12.1 Å². The molecule has 11 nitrogen and oxygen atoms in total. The number of carbonyl (C=O) groups is 1. The summed E-state index contributed by atoms with van der Waals surface area (Å²) in [6.07, 6.45) is 5.81. The van der Waals surface area contributed by atoms with Crippen molar-refractivity contribution in [3.8, 4) is 22.8 Å². The first-order chi connectivity index (χ1) is 19.8. The predicted octanol–water partition coefficient (Wildman–Crippen LogP) is 6.20. The maximum atomic E-state index is 15.0. The van der Waals surface area contributed by atoms with Crippen LogP contribution in [0.4, 0.5) is 26.4 Å². The Morgan fingerprint density at radius 2 is 1.69 bits per heavy atom. The van der Waals surface area contributed by atoms with Crippen LogP contribution < -0.4 is 20.1 Å². The van der Waals surface area contributed by atoms with Gasteiger partial charge in [0.1, 0.15) is 28.8 Å². The van der Waals surface area contributed by atoms with Gasteiger partial charge >= 0.3 is 6.03 Å². The van der Waals surface area contributed by atoms with Crippen LogP contribution in [-0.2, 0) is 15.6 Å². The fourth-order valence-electron chi connectivity index (χ4n) is 4.04. The van der Waals surface area contributed by atoms with Crippen molar-refractivity contribution in [3.05, 3.63) is 85.1 Å². The van der Waals surface area contributed by atoms with E-state index in [0.717, 1.165) is 28.8 Å². The molecule has 5 rings (SSSR count). The maximum absolute atomic E-state index is 15.0. The number of urea groups is 1. The van der Waals surface area contributed by atoms with Crippen LogP contribution >= 0.6 is 0 Å². The molecule has 216 valence electrons. The molecule has 0 aliphatic rings. The normalized spacial score (nSPS) is 11.7. The lowest BCUT2D eigenvalue weighted by Gasteiger charge is -2.18. The number of amides is 2. The van der Waals surface area contributed by atoms with Gasteiger partial charge in [-0.25, -0.2) is 22.6 Å². The summed E-state index contributed by atoms with van der Waals surface area (Å²) < 4.78 is 47.5. The van der Waals surface area contributed by atoms with Crippen molar-refractivity contribution >= 4 is 44.1 Å². The second-order valence-electron chi connectivity index (χ2n) is 10.5. The first kappa shape index (κ1) is 28.5. The molecule has 0 bridgehead atoms. The van der Waals surface area contributed by atoms with Gasteiger partial charge in [-0.3, -0.25) is 14.4 Å². The van der Waals surface area contributed by atoms with Crippen molar-refractivity contribution in [1.82, 2.24) is 19.7 Å². The summed E-state index contributed by atoms with van der Waals surface area (Å²) in [5.74, 6) is -0.310. The predicted molar refractivity (Wildman–Crippen MR) is 160 cm³/mol. The molecule has 5 aromatic rings. The number of benzene rings is 2. The molecule has 13 heteroatoms. The van der Waals surface area contributed by atoms with E-state index in [9.17, 15) is 17.6 Å². The van der Waals surface area contributed by atoms with E-state index in [1.54, 1.807) is 17.1 Å². The number of sulfonamides is 1. The van der Waals surface area contributed by atoms with Gasteiger partial charge in [0.25, 0.3) is 0 Å². The second kappa shape index (κ2) is 11.1. The molecule has 0 fully saturated rings. The van der Waals surface area contributed by atoms with Crippen molar-refractivity contribution in [3.63, 3.8) is 0 Å². The molecule has 2 aromatic carbocycles. The number of carbonyl (C=O) groups excluding carboxylic acids is 1. The Labute approximate surface area is 241 Å². The topological polar surface area (TPSA) is 140 Å².